The Hall–Kier alpha value is -2.68. The number of furan rings is 1. The van der Waals surface area contributed by atoms with Gasteiger partial charge < -0.3 is 19.8 Å². The van der Waals surface area contributed by atoms with Crippen LogP contribution in [0.4, 0.5) is 5.13 Å². The van der Waals surface area contributed by atoms with Crippen molar-refractivity contribution in [1.82, 2.24) is 10.3 Å². The molecule has 0 bridgehead atoms. The van der Waals surface area contributed by atoms with Gasteiger partial charge in [0.25, 0.3) is 5.91 Å². The average molecular weight is 351 g/mol. The molecule has 0 atom stereocenters. The highest BCUT2D eigenvalue weighted by molar-refractivity contribution is 7.17. The van der Waals surface area contributed by atoms with Crippen molar-refractivity contribution in [3.63, 3.8) is 0 Å². The number of hydrogen-bond donors (Lipinski definition) is 2. The fourth-order valence-electron chi connectivity index (χ4n) is 1.80. The van der Waals surface area contributed by atoms with Gasteiger partial charge in [0.15, 0.2) is 10.9 Å². The summed E-state index contributed by atoms with van der Waals surface area (Å²) in [7, 11) is 0. The van der Waals surface area contributed by atoms with Crippen LogP contribution in [0.15, 0.2) is 22.8 Å². The van der Waals surface area contributed by atoms with E-state index in [0.29, 0.717) is 15.7 Å². The molecule has 0 spiro atoms. The molecule has 0 saturated heterocycles. The summed E-state index contributed by atoms with van der Waals surface area (Å²) in [4.78, 5) is 39.7. The number of anilines is 1. The number of hydrogen-bond acceptors (Lipinski definition) is 7. The second-order valence-corrected chi connectivity index (χ2v) is 5.68. The molecule has 0 aliphatic rings. The number of nitrogens with zero attached hydrogens (tertiary/aromatic N) is 1. The Labute approximate surface area is 142 Å². The minimum Gasteiger partial charge on any atom is -0.462 e. The van der Waals surface area contributed by atoms with Crippen LogP contribution in [-0.2, 0) is 9.53 Å². The van der Waals surface area contributed by atoms with Crippen molar-refractivity contribution in [2.45, 2.75) is 20.3 Å². The topological polar surface area (TPSA) is 111 Å². The molecule has 0 aliphatic carbocycles. The van der Waals surface area contributed by atoms with Gasteiger partial charge in [0.2, 0.25) is 5.91 Å². The molecular formula is C15H17N3O5S. The van der Waals surface area contributed by atoms with E-state index in [1.807, 2.05) is 0 Å². The summed E-state index contributed by atoms with van der Waals surface area (Å²) in [6.07, 6.45) is 1.47. The first-order chi connectivity index (χ1) is 11.5. The summed E-state index contributed by atoms with van der Waals surface area (Å²) in [6, 6.07) is 3.14. The minimum atomic E-state index is -0.460. The Morgan fingerprint density at radius 1 is 1.38 bits per heavy atom. The summed E-state index contributed by atoms with van der Waals surface area (Å²) in [5.41, 5.74) is 0.500. The first kappa shape index (κ1) is 17.7. The van der Waals surface area contributed by atoms with Crippen LogP contribution in [0, 0.1) is 6.92 Å². The predicted octanol–water partition coefficient (Wildman–Crippen LogP) is 1.98. The zero-order chi connectivity index (χ0) is 17.5. The summed E-state index contributed by atoms with van der Waals surface area (Å²) >= 11 is 1.05. The summed E-state index contributed by atoms with van der Waals surface area (Å²) in [5.74, 6) is -0.981. The summed E-state index contributed by atoms with van der Waals surface area (Å²) in [5, 5.41) is 5.48. The van der Waals surface area contributed by atoms with Crippen molar-refractivity contribution in [1.29, 1.82) is 0 Å². The predicted molar refractivity (Wildman–Crippen MR) is 87.1 cm³/mol. The Bertz CT molecular complexity index is 724. The minimum absolute atomic E-state index is 0.0693. The van der Waals surface area contributed by atoms with Gasteiger partial charge in [0.1, 0.15) is 4.88 Å². The second kappa shape index (κ2) is 8.25. The lowest BCUT2D eigenvalue weighted by Crippen LogP contribution is -2.27. The van der Waals surface area contributed by atoms with Gasteiger partial charge in [-0.25, -0.2) is 9.78 Å². The lowest BCUT2D eigenvalue weighted by molar-refractivity contribution is -0.116. The molecule has 0 saturated carbocycles. The number of aromatic nitrogens is 1. The molecule has 0 unspecified atom stereocenters. The van der Waals surface area contributed by atoms with Gasteiger partial charge in [0, 0.05) is 13.0 Å². The van der Waals surface area contributed by atoms with Crippen molar-refractivity contribution < 1.29 is 23.5 Å². The van der Waals surface area contributed by atoms with E-state index in [9.17, 15) is 14.4 Å². The zero-order valence-electron chi connectivity index (χ0n) is 13.3. The molecular weight excluding hydrogens is 334 g/mol. The van der Waals surface area contributed by atoms with Crippen molar-refractivity contribution in [3.8, 4) is 0 Å². The van der Waals surface area contributed by atoms with Crippen LogP contribution >= 0.6 is 11.3 Å². The molecule has 0 aliphatic heterocycles. The monoisotopic (exact) mass is 351 g/mol. The Morgan fingerprint density at radius 3 is 2.83 bits per heavy atom. The Kier molecular flexibility index (Phi) is 6.07. The third-order valence-electron chi connectivity index (χ3n) is 2.89. The average Bonchev–Trinajstić information content (AvgIpc) is 3.17. The Morgan fingerprint density at radius 2 is 2.17 bits per heavy atom. The maximum atomic E-state index is 11.9. The molecule has 24 heavy (non-hydrogen) atoms. The number of esters is 1. The van der Waals surface area contributed by atoms with Gasteiger partial charge in [0.05, 0.1) is 18.6 Å². The van der Waals surface area contributed by atoms with Crippen molar-refractivity contribution in [3.05, 3.63) is 34.7 Å². The Balaban J connectivity index is 1.81. The zero-order valence-corrected chi connectivity index (χ0v) is 14.1. The number of thiazole rings is 1. The molecule has 128 valence electrons. The van der Waals surface area contributed by atoms with E-state index in [0.717, 1.165) is 11.3 Å². The smallest absolute Gasteiger partial charge is 0.350 e. The van der Waals surface area contributed by atoms with E-state index < -0.39 is 5.97 Å². The van der Waals surface area contributed by atoms with E-state index in [1.165, 1.54) is 12.3 Å². The van der Waals surface area contributed by atoms with Gasteiger partial charge in [-0.15, -0.1) is 0 Å². The number of rotatable bonds is 7. The van der Waals surface area contributed by atoms with Gasteiger partial charge in [-0.2, -0.15) is 0 Å². The van der Waals surface area contributed by atoms with Crippen LogP contribution < -0.4 is 10.6 Å². The highest BCUT2D eigenvalue weighted by Gasteiger charge is 2.17. The fraction of sp³-hybridized carbons (Fsp3) is 0.333. The molecule has 0 aromatic carbocycles. The molecule has 0 fully saturated rings. The summed E-state index contributed by atoms with van der Waals surface area (Å²) in [6.45, 7) is 3.81. The maximum Gasteiger partial charge on any atom is 0.350 e. The lowest BCUT2D eigenvalue weighted by atomic mass is 10.3. The van der Waals surface area contributed by atoms with Gasteiger partial charge in [-0.05, 0) is 26.0 Å². The third-order valence-corrected chi connectivity index (χ3v) is 3.94. The van der Waals surface area contributed by atoms with Gasteiger partial charge in [-0.3, -0.25) is 9.59 Å². The number of amides is 2. The van der Waals surface area contributed by atoms with E-state index in [-0.39, 0.29) is 37.1 Å². The largest absolute Gasteiger partial charge is 0.462 e. The molecule has 2 heterocycles. The van der Waals surface area contributed by atoms with Crippen molar-refractivity contribution >= 4 is 34.3 Å². The number of nitrogens with one attached hydrogen (secondary N) is 2. The van der Waals surface area contributed by atoms with Crippen LogP contribution in [-0.4, -0.2) is 35.9 Å². The van der Waals surface area contributed by atoms with Crippen LogP contribution in [0.25, 0.3) is 0 Å². The SMILES string of the molecule is CCOC(=O)c1sc(NC(=O)CCNC(=O)c2ccco2)nc1C. The molecule has 2 amide bonds. The molecule has 2 rings (SSSR count). The number of carbonyl (C=O) groups is 3. The van der Waals surface area contributed by atoms with E-state index in [4.69, 9.17) is 9.15 Å². The lowest BCUT2D eigenvalue weighted by Gasteiger charge is -2.03. The van der Waals surface area contributed by atoms with Crippen LogP contribution in [0.3, 0.4) is 0 Å². The van der Waals surface area contributed by atoms with E-state index >= 15 is 0 Å². The highest BCUT2D eigenvalue weighted by atomic mass is 32.1. The van der Waals surface area contributed by atoms with Gasteiger partial charge in [-0.1, -0.05) is 11.3 Å². The third kappa shape index (κ3) is 4.66. The van der Waals surface area contributed by atoms with Crippen LogP contribution in [0.2, 0.25) is 0 Å². The van der Waals surface area contributed by atoms with Crippen molar-refractivity contribution in [2.75, 3.05) is 18.5 Å². The normalized spacial score (nSPS) is 10.2. The second-order valence-electron chi connectivity index (χ2n) is 4.69. The fourth-order valence-corrected chi connectivity index (χ4v) is 2.68. The van der Waals surface area contributed by atoms with E-state index in [2.05, 4.69) is 15.6 Å². The standard InChI is InChI=1S/C15H17N3O5S/c1-3-22-14(21)12-9(2)17-15(24-12)18-11(19)6-7-16-13(20)10-5-4-8-23-10/h4-5,8H,3,6-7H2,1-2H3,(H,16,20)(H,17,18,19). The molecule has 9 heteroatoms. The molecule has 2 aromatic heterocycles. The highest BCUT2D eigenvalue weighted by Crippen LogP contribution is 2.23. The number of ether oxygens (including phenoxy) is 1. The summed E-state index contributed by atoms with van der Waals surface area (Å²) < 4.78 is 9.86. The molecule has 8 nitrogen and oxygen atoms in total. The van der Waals surface area contributed by atoms with Crippen molar-refractivity contribution in [2.24, 2.45) is 0 Å². The van der Waals surface area contributed by atoms with Gasteiger partial charge >= 0.3 is 5.97 Å². The molecule has 2 aromatic rings. The first-order valence-corrected chi connectivity index (χ1v) is 8.09. The quantitative estimate of drug-likeness (QED) is 0.738. The van der Waals surface area contributed by atoms with E-state index in [1.54, 1.807) is 19.9 Å². The first-order valence-electron chi connectivity index (χ1n) is 7.27. The van der Waals surface area contributed by atoms with Crippen LogP contribution in [0.5, 0.6) is 0 Å². The number of aryl methyl sites for hydroxylation is 1. The maximum absolute atomic E-state index is 11.9. The van der Waals surface area contributed by atoms with Crippen LogP contribution in [0.1, 0.15) is 39.3 Å². The molecule has 0 radical (unpaired) electrons. The number of carbonyl (C=O) groups excluding carboxylic acids is 3. The molecule has 2 N–H and O–H groups in total.